The SMILES string of the molecule is CC(F)(F)c1cc2c(cc1Br)C1CCC1CCN2. The van der Waals surface area contributed by atoms with Crippen LogP contribution in [0.3, 0.4) is 0 Å². The summed E-state index contributed by atoms with van der Waals surface area (Å²) in [4.78, 5) is 0. The van der Waals surface area contributed by atoms with Crippen LogP contribution in [0.1, 0.15) is 43.2 Å². The molecule has 1 fully saturated rings. The van der Waals surface area contributed by atoms with Crippen molar-refractivity contribution in [3.8, 4) is 0 Å². The van der Waals surface area contributed by atoms with Gasteiger partial charge in [0.1, 0.15) is 0 Å². The van der Waals surface area contributed by atoms with Crippen LogP contribution in [0.2, 0.25) is 0 Å². The molecule has 1 aliphatic heterocycles. The molecule has 2 aliphatic rings. The summed E-state index contributed by atoms with van der Waals surface area (Å²) in [6.45, 7) is 1.84. The molecule has 2 unspecified atom stereocenters. The second-order valence-corrected chi connectivity index (χ2v) is 6.32. The van der Waals surface area contributed by atoms with Gasteiger partial charge in [0.15, 0.2) is 0 Å². The zero-order valence-corrected chi connectivity index (χ0v) is 11.9. The summed E-state index contributed by atoms with van der Waals surface area (Å²) < 4.78 is 27.6. The quantitative estimate of drug-likeness (QED) is 0.779. The van der Waals surface area contributed by atoms with E-state index >= 15 is 0 Å². The minimum absolute atomic E-state index is 0.0755. The number of nitrogens with one attached hydrogen (secondary N) is 1. The van der Waals surface area contributed by atoms with Gasteiger partial charge in [-0.2, -0.15) is 0 Å². The van der Waals surface area contributed by atoms with Crippen LogP contribution in [-0.4, -0.2) is 6.54 Å². The van der Waals surface area contributed by atoms with E-state index in [1.54, 1.807) is 6.07 Å². The Balaban J connectivity index is 2.08. The van der Waals surface area contributed by atoms with Crippen LogP contribution in [0.25, 0.3) is 0 Å². The average Bonchev–Trinajstić information content (AvgIpc) is 2.33. The smallest absolute Gasteiger partial charge is 0.271 e. The summed E-state index contributed by atoms with van der Waals surface area (Å²) >= 11 is 3.30. The second kappa shape index (κ2) is 4.19. The van der Waals surface area contributed by atoms with E-state index in [0.29, 0.717) is 10.4 Å². The minimum Gasteiger partial charge on any atom is -0.385 e. The van der Waals surface area contributed by atoms with E-state index < -0.39 is 5.92 Å². The predicted molar refractivity (Wildman–Crippen MR) is 72.3 cm³/mol. The Morgan fingerprint density at radius 1 is 1.28 bits per heavy atom. The molecule has 1 saturated carbocycles. The molecule has 0 saturated heterocycles. The molecule has 1 aromatic rings. The van der Waals surface area contributed by atoms with E-state index in [4.69, 9.17) is 0 Å². The summed E-state index contributed by atoms with van der Waals surface area (Å²) in [7, 11) is 0. The summed E-state index contributed by atoms with van der Waals surface area (Å²) in [5, 5.41) is 3.31. The molecule has 18 heavy (non-hydrogen) atoms. The first-order valence-corrected chi connectivity index (χ1v) is 7.21. The van der Waals surface area contributed by atoms with E-state index in [2.05, 4.69) is 21.2 Å². The maximum Gasteiger partial charge on any atom is 0.271 e. The molecule has 0 amide bonds. The Morgan fingerprint density at radius 3 is 2.67 bits per heavy atom. The van der Waals surface area contributed by atoms with Gasteiger partial charge in [-0.25, -0.2) is 8.78 Å². The lowest BCUT2D eigenvalue weighted by Crippen LogP contribution is -2.23. The fraction of sp³-hybridized carbons (Fsp3) is 0.571. The van der Waals surface area contributed by atoms with Crippen molar-refractivity contribution in [1.29, 1.82) is 0 Å². The van der Waals surface area contributed by atoms with E-state index in [1.165, 1.54) is 18.4 Å². The highest BCUT2D eigenvalue weighted by Gasteiger charge is 2.37. The maximum absolute atomic E-state index is 13.5. The lowest BCUT2D eigenvalue weighted by atomic mass is 9.69. The molecule has 1 aromatic carbocycles. The molecular formula is C14H16BrF2N. The first-order chi connectivity index (χ1) is 8.47. The van der Waals surface area contributed by atoms with Gasteiger partial charge in [-0.05, 0) is 48.8 Å². The predicted octanol–water partition coefficient (Wildman–Crippen LogP) is 4.87. The molecule has 2 atom stereocenters. The summed E-state index contributed by atoms with van der Waals surface area (Å²) in [6, 6.07) is 3.53. The first-order valence-electron chi connectivity index (χ1n) is 6.42. The van der Waals surface area contributed by atoms with Gasteiger partial charge in [-0.15, -0.1) is 0 Å². The summed E-state index contributed by atoms with van der Waals surface area (Å²) in [6.07, 6.45) is 3.61. The number of benzene rings is 1. The van der Waals surface area contributed by atoms with Crippen LogP contribution in [0.15, 0.2) is 16.6 Å². The average molecular weight is 316 g/mol. The number of halogens is 3. The molecule has 1 N–H and O–H groups in total. The summed E-state index contributed by atoms with van der Waals surface area (Å²) in [5.74, 6) is -1.51. The van der Waals surface area contributed by atoms with Gasteiger partial charge in [-0.1, -0.05) is 15.9 Å². The van der Waals surface area contributed by atoms with Crippen LogP contribution in [0, 0.1) is 5.92 Å². The number of anilines is 1. The second-order valence-electron chi connectivity index (χ2n) is 5.47. The highest BCUT2D eigenvalue weighted by Crippen LogP contribution is 2.50. The minimum atomic E-state index is -2.80. The highest BCUT2D eigenvalue weighted by atomic mass is 79.9. The number of fused-ring (bicyclic) bond motifs is 3. The molecule has 0 spiro atoms. The van der Waals surface area contributed by atoms with Crippen LogP contribution in [0.5, 0.6) is 0 Å². The highest BCUT2D eigenvalue weighted by molar-refractivity contribution is 9.10. The molecule has 0 aromatic heterocycles. The van der Waals surface area contributed by atoms with Crippen molar-refractivity contribution in [3.63, 3.8) is 0 Å². The third kappa shape index (κ3) is 1.94. The van der Waals surface area contributed by atoms with Gasteiger partial charge in [0.05, 0.1) is 0 Å². The first kappa shape index (κ1) is 12.4. The van der Waals surface area contributed by atoms with Crippen LogP contribution >= 0.6 is 15.9 Å². The Morgan fingerprint density at radius 2 is 2.06 bits per heavy atom. The number of hydrogen-bond donors (Lipinski definition) is 1. The van der Waals surface area contributed by atoms with Crippen LogP contribution < -0.4 is 5.32 Å². The molecule has 3 rings (SSSR count). The van der Waals surface area contributed by atoms with E-state index in [-0.39, 0.29) is 5.56 Å². The number of alkyl halides is 2. The van der Waals surface area contributed by atoms with Crippen molar-refractivity contribution in [2.24, 2.45) is 5.92 Å². The standard InChI is InChI=1S/C14H16BrF2N/c1-14(16,17)11-7-13-10(6-12(11)15)9-3-2-8(9)4-5-18-13/h6-9,18H,2-5H2,1H3. The maximum atomic E-state index is 13.5. The van der Waals surface area contributed by atoms with Gasteiger partial charge < -0.3 is 5.32 Å². The van der Waals surface area contributed by atoms with E-state index in [0.717, 1.165) is 31.5 Å². The Kier molecular flexibility index (Phi) is 2.88. The largest absolute Gasteiger partial charge is 0.385 e. The van der Waals surface area contributed by atoms with E-state index in [9.17, 15) is 8.78 Å². The lowest BCUT2D eigenvalue weighted by molar-refractivity contribution is 0.0167. The van der Waals surface area contributed by atoms with Gasteiger partial charge in [0.2, 0.25) is 0 Å². The van der Waals surface area contributed by atoms with Crippen molar-refractivity contribution in [3.05, 3.63) is 27.7 Å². The molecule has 1 nitrogen and oxygen atoms in total. The van der Waals surface area contributed by atoms with Crippen molar-refractivity contribution < 1.29 is 8.78 Å². The molecule has 4 heteroatoms. The number of rotatable bonds is 1. The lowest BCUT2D eigenvalue weighted by Gasteiger charge is -2.36. The topological polar surface area (TPSA) is 12.0 Å². The Labute approximate surface area is 114 Å². The number of hydrogen-bond acceptors (Lipinski definition) is 1. The van der Waals surface area contributed by atoms with Gasteiger partial charge >= 0.3 is 0 Å². The normalized spacial score (nSPS) is 26.4. The van der Waals surface area contributed by atoms with Crippen LogP contribution in [0.4, 0.5) is 14.5 Å². The van der Waals surface area contributed by atoms with Gasteiger partial charge in [-0.3, -0.25) is 0 Å². The van der Waals surface area contributed by atoms with Crippen molar-refractivity contribution in [2.45, 2.75) is 38.0 Å². The zero-order valence-electron chi connectivity index (χ0n) is 10.3. The molecule has 1 heterocycles. The molecule has 0 radical (unpaired) electrons. The Bertz CT molecular complexity index is 481. The van der Waals surface area contributed by atoms with Crippen LogP contribution in [-0.2, 0) is 5.92 Å². The third-order valence-corrected chi connectivity index (χ3v) is 4.92. The monoisotopic (exact) mass is 315 g/mol. The molecule has 0 bridgehead atoms. The molecular weight excluding hydrogens is 300 g/mol. The Hall–Kier alpha value is -0.640. The third-order valence-electron chi connectivity index (χ3n) is 4.26. The van der Waals surface area contributed by atoms with Crippen molar-refractivity contribution >= 4 is 21.6 Å². The van der Waals surface area contributed by atoms with Gasteiger partial charge in [0.25, 0.3) is 5.92 Å². The van der Waals surface area contributed by atoms with Crippen molar-refractivity contribution in [1.82, 2.24) is 0 Å². The van der Waals surface area contributed by atoms with Gasteiger partial charge in [0, 0.05) is 29.2 Å². The summed E-state index contributed by atoms with van der Waals surface area (Å²) in [5.41, 5.74) is 2.19. The fourth-order valence-electron chi connectivity index (χ4n) is 3.10. The van der Waals surface area contributed by atoms with E-state index in [1.807, 2.05) is 6.07 Å². The zero-order chi connectivity index (χ0) is 12.9. The van der Waals surface area contributed by atoms with Crippen molar-refractivity contribution in [2.75, 3.05) is 11.9 Å². The molecule has 98 valence electrons. The molecule has 1 aliphatic carbocycles. The fourth-order valence-corrected chi connectivity index (χ4v) is 3.81.